The number of pyridine rings is 1. The molecule has 0 amide bonds. The van der Waals surface area contributed by atoms with Crippen LogP contribution >= 0.6 is 0 Å². The molecule has 8 heteroatoms. The molecular weight excluding hydrogens is 274 g/mol. The molecule has 0 saturated carbocycles. The van der Waals surface area contributed by atoms with Crippen molar-refractivity contribution in [1.82, 2.24) is 14.8 Å². The Labute approximate surface area is 121 Å². The van der Waals surface area contributed by atoms with Crippen LogP contribution in [0, 0.1) is 17.0 Å². The summed E-state index contributed by atoms with van der Waals surface area (Å²) in [4.78, 5) is 14.8. The maximum atomic E-state index is 11.2. The van der Waals surface area contributed by atoms with Crippen molar-refractivity contribution in [3.63, 3.8) is 0 Å². The van der Waals surface area contributed by atoms with Crippen molar-refractivity contribution in [2.75, 3.05) is 12.4 Å². The molecule has 21 heavy (non-hydrogen) atoms. The molecule has 0 bridgehead atoms. The van der Waals surface area contributed by atoms with E-state index in [1.165, 1.54) is 0 Å². The molecule has 0 aliphatic carbocycles. The van der Waals surface area contributed by atoms with Crippen LogP contribution in [0.2, 0.25) is 0 Å². The van der Waals surface area contributed by atoms with Gasteiger partial charge in [-0.05, 0) is 19.4 Å². The smallest absolute Gasteiger partial charge is 0.333 e. The molecule has 2 aromatic rings. The molecule has 0 aromatic carbocycles. The lowest BCUT2D eigenvalue weighted by Gasteiger charge is -2.08. The highest BCUT2D eigenvalue weighted by atomic mass is 16.6. The van der Waals surface area contributed by atoms with Crippen molar-refractivity contribution < 1.29 is 9.66 Å². The summed E-state index contributed by atoms with van der Waals surface area (Å²) < 4.78 is 6.58. The first-order valence-corrected chi connectivity index (χ1v) is 6.51. The highest BCUT2D eigenvalue weighted by Gasteiger charge is 2.24. The molecule has 2 heterocycles. The zero-order valence-corrected chi connectivity index (χ0v) is 12.2. The van der Waals surface area contributed by atoms with Gasteiger partial charge in [0.05, 0.1) is 12.0 Å². The minimum absolute atomic E-state index is 0.0123. The Hall–Kier alpha value is -2.64. The third-order valence-electron chi connectivity index (χ3n) is 3.04. The molecule has 0 atom stereocenters. The van der Waals surface area contributed by atoms with Gasteiger partial charge in [0.2, 0.25) is 11.7 Å². The van der Waals surface area contributed by atoms with Gasteiger partial charge < -0.3 is 10.1 Å². The van der Waals surface area contributed by atoms with E-state index < -0.39 is 4.92 Å². The second-order valence-electron chi connectivity index (χ2n) is 4.42. The van der Waals surface area contributed by atoms with Crippen molar-refractivity contribution >= 4 is 11.5 Å². The molecular formula is C13H17N5O3. The van der Waals surface area contributed by atoms with Crippen LogP contribution in [-0.2, 0) is 13.1 Å². The fraction of sp³-hybridized carbons (Fsp3) is 0.385. The molecule has 1 N–H and O–H groups in total. The molecule has 0 spiro atoms. The van der Waals surface area contributed by atoms with Gasteiger partial charge in [-0.2, -0.15) is 5.10 Å². The second-order valence-corrected chi connectivity index (χ2v) is 4.42. The predicted molar refractivity (Wildman–Crippen MR) is 77.4 cm³/mol. The van der Waals surface area contributed by atoms with E-state index in [1.54, 1.807) is 31.0 Å². The zero-order chi connectivity index (χ0) is 15.4. The lowest BCUT2D eigenvalue weighted by Crippen LogP contribution is -2.08. The Balaban J connectivity index is 2.20. The number of nitro groups is 1. The van der Waals surface area contributed by atoms with E-state index in [4.69, 9.17) is 4.74 Å². The van der Waals surface area contributed by atoms with E-state index in [1.807, 2.05) is 13.0 Å². The molecule has 0 aliphatic heterocycles. The van der Waals surface area contributed by atoms with Crippen molar-refractivity contribution in [2.45, 2.75) is 26.9 Å². The van der Waals surface area contributed by atoms with Crippen LogP contribution in [0.25, 0.3) is 0 Å². The summed E-state index contributed by atoms with van der Waals surface area (Å²) in [5.74, 6) is 0.940. The molecule has 2 rings (SSSR count). The number of nitrogens with one attached hydrogen (secondary N) is 1. The van der Waals surface area contributed by atoms with Gasteiger partial charge in [-0.25, -0.2) is 9.67 Å². The fourth-order valence-corrected chi connectivity index (χ4v) is 2.02. The molecule has 0 unspecified atom stereocenters. The maximum Gasteiger partial charge on any atom is 0.333 e. The number of nitrogens with zero attached hydrogens (tertiary/aromatic N) is 4. The average Bonchev–Trinajstić information content (AvgIpc) is 2.81. The van der Waals surface area contributed by atoms with E-state index in [-0.39, 0.29) is 5.69 Å². The van der Waals surface area contributed by atoms with E-state index in [9.17, 15) is 10.1 Å². The van der Waals surface area contributed by atoms with E-state index in [0.29, 0.717) is 30.5 Å². The second kappa shape index (κ2) is 6.21. The summed E-state index contributed by atoms with van der Waals surface area (Å²) >= 11 is 0. The minimum atomic E-state index is -0.414. The van der Waals surface area contributed by atoms with Crippen molar-refractivity contribution in [2.24, 2.45) is 0 Å². The average molecular weight is 291 g/mol. The third-order valence-corrected chi connectivity index (χ3v) is 3.04. The van der Waals surface area contributed by atoms with Gasteiger partial charge in [0.15, 0.2) is 0 Å². The normalized spacial score (nSPS) is 10.4. The van der Waals surface area contributed by atoms with Crippen LogP contribution in [0.4, 0.5) is 11.5 Å². The molecule has 0 fully saturated rings. The molecule has 8 nitrogen and oxygen atoms in total. The first kappa shape index (κ1) is 14.8. The Morgan fingerprint density at radius 2 is 2.24 bits per heavy atom. The van der Waals surface area contributed by atoms with Gasteiger partial charge in [0, 0.05) is 25.4 Å². The topological polar surface area (TPSA) is 95.1 Å². The van der Waals surface area contributed by atoms with Crippen molar-refractivity contribution in [3.05, 3.63) is 39.7 Å². The predicted octanol–water partition coefficient (Wildman–Crippen LogP) is 2.14. The van der Waals surface area contributed by atoms with Gasteiger partial charge in [0.25, 0.3) is 0 Å². The highest BCUT2D eigenvalue weighted by molar-refractivity contribution is 5.59. The number of hydrogen-bond acceptors (Lipinski definition) is 6. The summed E-state index contributed by atoms with van der Waals surface area (Å²) in [6.07, 6.45) is 1.66. The quantitative estimate of drug-likeness (QED) is 0.647. The van der Waals surface area contributed by atoms with E-state index in [2.05, 4.69) is 15.4 Å². The van der Waals surface area contributed by atoms with Crippen LogP contribution in [-0.4, -0.2) is 26.8 Å². The first-order chi connectivity index (χ1) is 10.1. The number of methoxy groups -OCH3 is 1. The summed E-state index contributed by atoms with van der Waals surface area (Å²) in [6, 6.07) is 3.60. The van der Waals surface area contributed by atoms with Crippen LogP contribution in [0.3, 0.4) is 0 Å². The molecule has 112 valence electrons. The van der Waals surface area contributed by atoms with Gasteiger partial charge in [-0.15, -0.1) is 0 Å². The minimum Gasteiger partial charge on any atom is -0.481 e. The monoisotopic (exact) mass is 291 g/mol. The Kier molecular flexibility index (Phi) is 4.36. The summed E-state index contributed by atoms with van der Waals surface area (Å²) in [5, 5.41) is 18.4. The summed E-state index contributed by atoms with van der Waals surface area (Å²) in [7, 11) is 1.55. The van der Waals surface area contributed by atoms with Crippen LogP contribution < -0.4 is 10.1 Å². The van der Waals surface area contributed by atoms with Crippen LogP contribution in [0.5, 0.6) is 5.88 Å². The molecule has 0 aliphatic rings. The first-order valence-electron chi connectivity index (χ1n) is 6.51. The van der Waals surface area contributed by atoms with Gasteiger partial charge in [-0.1, -0.05) is 6.07 Å². The summed E-state index contributed by atoms with van der Waals surface area (Å²) in [6.45, 7) is 4.49. The molecule has 0 radical (unpaired) electrons. The largest absolute Gasteiger partial charge is 0.481 e. The van der Waals surface area contributed by atoms with Crippen molar-refractivity contribution in [1.29, 1.82) is 0 Å². The highest BCUT2D eigenvalue weighted by Crippen LogP contribution is 2.28. The Morgan fingerprint density at radius 3 is 2.76 bits per heavy atom. The molecule has 2 aromatic heterocycles. The number of anilines is 1. The summed E-state index contributed by atoms with van der Waals surface area (Å²) in [5.41, 5.74) is 1.31. The number of hydrogen-bond donors (Lipinski definition) is 1. The number of rotatable bonds is 6. The number of ether oxygens (including phenoxy) is 1. The standard InChI is InChI=1S/C13H17N5O3/c1-4-17-13(12(18(19)20)9(2)16-17)15-8-10-5-6-11(21-3)14-7-10/h5-7,15H,4,8H2,1-3H3. The van der Waals surface area contributed by atoms with Gasteiger partial charge in [-0.3, -0.25) is 10.1 Å². The maximum absolute atomic E-state index is 11.2. The lowest BCUT2D eigenvalue weighted by atomic mass is 10.3. The number of aryl methyl sites for hydroxylation is 2. The Bertz CT molecular complexity index is 636. The fourth-order valence-electron chi connectivity index (χ4n) is 2.02. The Morgan fingerprint density at radius 1 is 1.48 bits per heavy atom. The van der Waals surface area contributed by atoms with Crippen LogP contribution in [0.1, 0.15) is 18.2 Å². The van der Waals surface area contributed by atoms with Crippen molar-refractivity contribution in [3.8, 4) is 5.88 Å². The van der Waals surface area contributed by atoms with Gasteiger partial charge >= 0.3 is 5.69 Å². The van der Waals surface area contributed by atoms with Gasteiger partial charge in [0.1, 0.15) is 5.69 Å². The third kappa shape index (κ3) is 3.10. The van der Waals surface area contributed by atoms with E-state index in [0.717, 1.165) is 5.56 Å². The van der Waals surface area contributed by atoms with Crippen LogP contribution in [0.15, 0.2) is 18.3 Å². The zero-order valence-electron chi connectivity index (χ0n) is 12.2. The SMILES string of the molecule is CCn1nc(C)c([N+](=O)[O-])c1NCc1ccc(OC)nc1. The lowest BCUT2D eigenvalue weighted by molar-refractivity contribution is -0.384. The number of aromatic nitrogens is 3. The molecule has 0 saturated heterocycles. The van der Waals surface area contributed by atoms with E-state index >= 15 is 0 Å².